The Morgan fingerprint density at radius 3 is 2.81 bits per heavy atom. The fraction of sp³-hybridized carbons (Fsp3) is 0.333. The van der Waals surface area contributed by atoms with Crippen molar-refractivity contribution in [2.75, 3.05) is 17.7 Å². The van der Waals surface area contributed by atoms with E-state index < -0.39 is 10.8 Å². The molecule has 1 aromatic rings. The molecule has 0 aliphatic carbocycles. The van der Waals surface area contributed by atoms with Crippen molar-refractivity contribution in [2.24, 2.45) is 0 Å². The number of anilines is 1. The number of thioether (sulfide) groups is 1. The normalized spacial score (nSPS) is 18.9. The Labute approximate surface area is 103 Å². The van der Waals surface area contributed by atoms with Crippen LogP contribution in [0.3, 0.4) is 0 Å². The zero-order valence-electron chi connectivity index (χ0n) is 9.69. The molecule has 0 N–H and O–H groups in total. The van der Waals surface area contributed by atoms with Crippen LogP contribution in [0, 0.1) is 0 Å². The summed E-state index contributed by atoms with van der Waals surface area (Å²) in [6.07, 6.45) is 3.84. The van der Waals surface area contributed by atoms with Gasteiger partial charge in [0.1, 0.15) is 0 Å². The highest BCUT2D eigenvalue weighted by atomic mass is 32.2. The van der Waals surface area contributed by atoms with Crippen molar-refractivity contribution in [3.05, 3.63) is 29.3 Å². The molecule has 0 saturated carbocycles. The van der Waals surface area contributed by atoms with Crippen molar-refractivity contribution < 1.29 is 4.21 Å². The Hall–Kier alpha value is -0.740. The number of hydrogen-bond donors (Lipinski definition) is 0. The van der Waals surface area contributed by atoms with Crippen molar-refractivity contribution in [3.63, 3.8) is 0 Å². The van der Waals surface area contributed by atoms with Crippen LogP contribution in [-0.2, 0) is 10.8 Å². The minimum absolute atomic E-state index is 0.898. The summed E-state index contributed by atoms with van der Waals surface area (Å²) in [4.78, 5) is 4.41. The van der Waals surface area contributed by atoms with E-state index in [1.807, 2.05) is 12.1 Å². The van der Waals surface area contributed by atoms with Crippen LogP contribution in [0.15, 0.2) is 39.1 Å². The van der Waals surface area contributed by atoms with Gasteiger partial charge in [-0.2, -0.15) is 0 Å². The van der Waals surface area contributed by atoms with Crippen LogP contribution >= 0.6 is 11.8 Å². The molecule has 86 valence electrons. The summed E-state index contributed by atoms with van der Waals surface area (Å²) in [6, 6.07) is 6.06. The largest absolute Gasteiger partial charge is 0.336 e. The maximum atomic E-state index is 11.5. The van der Waals surface area contributed by atoms with Crippen LogP contribution in [0.4, 0.5) is 5.69 Å². The molecular formula is C12H15NOS2. The fourth-order valence-electron chi connectivity index (χ4n) is 1.80. The zero-order valence-corrected chi connectivity index (χ0v) is 11.3. The summed E-state index contributed by atoms with van der Waals surface area (Å²) in [5, 5.41) is 1.26. The standard InChI is InChI=1S/C12H15NOS2/c1-4-12-13(5-2)10-8-9(16(3)14)6-7-11(10)15-12/h4,6-8H,5H2,1-3H3. The Morgan fingerprint density at radius 1 is 1.50 bits per heavy atom. The Bertz CT molecular complexity index is 468. The van der Waals surface area contributed by atoms with Crippen LogP contribution in [0.25, 0.3) is 0 Å². The highest BCUT2D eigenvalue weighted by Gasteiger charge is 2.23. The van der Waals surface area contributed by atoms with Gasteiger partial charge in [0.2, 0.25) is 0 Å². The van der Waals surface area contributed by atoms with E-state index in [0.29, 0.717) is 0 Å². The fourth-order valence-corrected chi connectivity index (χ4v) is 3.43. The van der Waals surface area contributed by atoms with Crippen molar-refractivity contribution in [1.82, 2.24) is 0 Å². The van der Waals surface area contributed by atoms with Gasteiger partial charge in [-0.1, -0.05) is 17.8 Å². The molecule has 0 bridgehead atoms. The average Bonchev–Trinajstić information content (AvgIpc) is 2.65. The van der Waals surface area contributed by atoms with Gasteiger partial charge in [0.05, 0.1) is 10.7 Å². The highest BCUT2D eigenvalue weighted by molar-refractivity contribution is 8.03. The first-order valence-corrected chi connectivity index (χ1v) is 7.64. The molecule has 0 aromatic heterocycles. The van der Waals surface area contributed by atoms with Crippen LogP contribution in [0.5, 0.6) is 0 Å². The van der Waals surface area contributed by atoms with Gasteiger partial charge in [0.15, 0.2) is 0 Å². The van der Waals surface area contributed by atoms with Crippen LogP contribution in [0.1, 0.15) is 13.8 Å². The number of nitrogens with zero attached hydrogens (tertiary/aromatic N) is 1. The molecule has 0 fully saturated rings. The van der Waals surface area contributed by atoms with Gasteiger partial charge in [-0.3, -0.25) is 4.21 Å². The predicted octanol–water partition coefficient (Wildman–Crippen LogP) is 3.22. The first-order valence-electron chi connectivity index (χ1n) is 5.26. The Morgan fingerprint density at radius 2 is 2.25 bits per heavy atom. The average molecular weight is 253 g/mol. The molecule has 0 saturated heterocycles. The van der Waals surface area contributed by atoms with E-state index in [-0.39, 0.29) is 0 Å². The van der Waals surface area contributed by atoms with E-state index in [0.717, 1.165) is 11.4 Å². The van der Waals surface area contributed by atoms with Crippen molar-refractivity contribution in [3.8, 4) is 0 Å². The van der Waals surface area contributed by atoms with E-state index in [1.54, 1.807) is 18.0 Å². The van der Waals surface area contributed by atoms with Crippen molar-refractivity contribution in [1.29, 1.82) is 0 Å². The number of allylic oxidation sites excluding steroid dienone is 1. The van der Waals surface area contributed by atoms with Crippen LogP contribution in [-0.4, -0.2) is 17.0 Å². The number of hydrogen-bond acceptors (Lipinski definition) is 3. The van der Waals surface area contributed by atoms with E-state index in [4.69, 9.17) is 0 Å². The number of rotatable bonds is 2. The monoisotopic (exact) mass is 253 g/mol. The van der Waals surface area contributed by atoms with Crippen LogP contribution < -0.4 is 4.90 Å². The molecule has 1 aliphatic heterocycles. The third kappa shape index (κ3) is 1.92. The Kier molecular flexibility index (Phi) is 3.40. The topological polar surface area (TPSA) is 20.3 Å². The smallest absolute Gasteiger partial charge is 0.0757 e. The molecule has 1 aromatic carbocycles. The van der Waals surface area contributed by atoms with Gasteiger partial charge in [0, 0.05) is 33.4 Å². The van der Waals surface area contributed by atoms with Gasteiger partial charge in [0.25, 0.3) is 0 Å². The maximum absolute atomic E-state index is 11.5. The summed E-state index contributed by atoms with van der Waals surface area (Å²) in [7, 11) is -0.907. The summed E-state index contributed by atoms with van der Waals surface area (Å²) in [5.74, 6) is 0. The lowest BCUT2D eigenvalue weighted by Crippen LogP contribution is -2.16. The molecule has 2 nitrogen and oxygen atoms in total. The molecule has 1 aliphatic rings. The van der Waals surface area contributed by atoms with E-state index >= 15 is 0 Å². The van der Waals surface area contributed by atoms with Crippen LogP contribution in [0.2, 0.25) is 0 Å². The predicted molar refractivity (Wildman–Crippen MR) is 71.4 cm³/mol. The third-order valence-electron chi connectivity index (χ3n) is 2.60. The second-order valence-corrected chi connectivity index (χ2v) is 6.00. The van der Waals surface area contributed by atoms with E-state index in [2.05, 4.69) is 30.9 Å². The maximum Gasteiger partial charge on any atom is 0.0757 e. The molecule has 1 unspecified atom stereocenters. The van der Waals surface area contributed by atoms with Gasteiger partial charge in [-0.15, -0.1) is 0 Å². The minimum Gasteiger partial charge on any atom is -0.336 e. The molecule has 1 heterocycles. The van der Waals surface area contributed by atoms with Crippen molar-refractivity contribution >= 4 is 28.2 Å². The van der Waals surface area contributed by atoms with Gasteiger partial charge in [-0.05, 0) is 32.0 Å². The number of benzene rings is 1. The molecule has 2 rings (SSSR count). The van der Waals surface area contributed by atoms with E-state index in [1.165, 1.54) is 15.6 Å². The molecule has 0 radical (unpaired) electrons. The molecular weight excluding hydrogens is 238 g/mol. The molecule has 1 atom stereocenters. The first-order chi connectivity index (χ1) is 7.67. The second-order valence-electron chi connectivity index (χ2n) is 3.56. The zero-order chi connectivity index (χ0) is 11.7. The van der Waals surface area contributed by atoms with Gasteiger partial charge < -0.3 is 4.90 Å². The second kappa shape index (κ2) is 4.63. The summed E-state index contributed by atoms with van der Waals surface area (Å²) < 4.78 is 11.5. The first kappa shape index (κ1) is 11.7. The quantitative estimate of drug-likeness (QED) is 0.807. The molecule has 4 heteroatoms. The summed E-state index contributed by atoms with van der Waals surface area (Å²) in [5.41, 5.74) is 1.19. The SMILES string of the molecule is CC=C1Sc2ccc(S(C)=O)cc2N1CC. The lowest BCUT2D eigenvalue weighted by atomic mass is 10.3. The lowest BCUT2D eigenvalue weighted by Gasteiger charge is -2.17. The Balaban J connectivity index is 2.49. The molecule has 0 amide bonds. The minimum atomic E-state index is -0.907. The van der Waals surface area contributed by atoms with Gasteiger partial charge in [-0.25, -0.2) is 0 Å². The van der Waals surface area contributed by atoms with Crippen molar-refractivity contribution in [2.45, 2.75) is 23.6 Å². The lowest BCUT2D eigenvalue weighted by molar-refractivity contribution is 0.686. The highest BCUT2D eigenvalue weighted by Crippen LogP contribution is 2.46. The molecule has 16 heavy (non-hydrogen) atoms. The van der Waals surface area contributed by atoms with E-state index in [9.17, 15) is 4.21 Å². The number of fused-ring (bicyclic) bond motifs is 1. The summed E-state index contributed by atoms with van der Waals surface area (Å²) in [6.45, 7) is 5.13. The van der Waals surface area contributed by atoms with Gasteiger partial charge >= 0.3 is 0 Å². The summed E-state index contributed by atoms with van der Waals surface area (Å²) >= 11 is 1.78. The third-order valence-corrected chi connectivity index (χ3v) is 4.75. The molecule has 0 spiro atoms.